The summed E-state index contributed by atoms with van der Waals surface area (Å²) in [4.78, 5) is 4.14. The Morgan fingerprint density at radius 1 is 1.48 bits per heavy atom. The molecule has 0 amide bonds. The molecule has 2 heterocycles. The van der Waals surface area contributed by atoms with Gasteiger partial charge in [0.1, 0.15) is 5.82 Å². The molecule has 0 saturated carbocycles. The van der Waals surface area contributed by atoms with Crippen LogP contribution in [-0.4, -0.2) is 46.1 Å². The van der Waals surface area contributed by atoms with Gasteiger partial charge in [0.15, 0.2) is 5.03 Å². The van der Waals surface area contributed by atoms with Crippen molar-refractivity contribution in [1.29, 1.82) is 0 Å². The Kier molecular flexibility index (Phi) is 4.76. The average molecular weight is 312 g/mol. The van der Waals surface area contributed by atoms with E-state index in [4.69, 9.17) is 0 Å². The first-order chi connectivity index (χ1) is 9.96. The summed E-state index contributed by atoms with van der Waals surface area (Å²) in [6.45, 7) is 3.37. The lowest BCUT2D eigenvalue weighted by Gasteiger charge is -2.16. The highest BCUT2D eigenvalue weighted by atomic mass is 32.2. The van der Waals surface area contributed by atoms with Crippen LogP contribution in [0, 0.1) is 0 Å². The lowest BCUT2D eigenvalue weighted by molar-refractivity contribution is 0.447. The fraction of sp³-hybridized carbons (Fsp3) is 0.500. The van der Waals surface area contributed by atoms with Crippen LogP contribution in [0.25, 0.3) is 0 Å². The van der Waals surface area contributed by atoms with Crippen molar-refractivity contribution in [3.8, 4) is 0 Å². The van der Waals surface area contributed by atoms with E-state index in [9.17, 15) is 8.42 Å². The second-order valence-electron chi connectivity index (χ2n) is 4.72. The lowest BCUT2D eigenvalue weighted by atomic mass is 10.3. The van der Waals surface area contributed by atoms with Crippen LogP contribution in [-0.2, 0) is 30.2 Å². The normalized spacial score (nSPS) is 12.2. The average Bonchev–Trinajstić information content (AvgIpc) is 3.06. The van der Waals surface area contributed by atoms with Crippen LogP contribution in [0.3, 0.4) is 0 Å². The van der Waals surface area contributed by atoms with Gasteiger partial charge in [-0.2, -0.15) is 9.40 Å². The minimum Gasteiger partial charge on any atom is -0.337 e. The van der Waals surface area contributed by atoms with E-state index >= 15 is 0 Å². The van der Waals surface area contributed by atoms with Crippen LogP contribution < -0.4 is 5.32 Å². The standard InChI is InChI=1S/C12H20N6O2S/c1-4-13-7-10-8-15-16-12(10)21(19,20)18(3)9-11-14-5-6-17(11)2/h5-6,8,13H,4,7,9H2,1-3H3,(H,15,16). The zero-order valence-electron chi connectivity index (χ0n) is 12.4. The summed E-state index contributed by atoms with van der Waals surface area (Å²) in [5.41, 5.74) is 0.628. The van der Waals surface area contributed by atoms with Gasteiger partial charge in [-0.3, -0.25) is 5.10 Å². The van der Waals surface area contributed by atoms with Crippen molar-refractivity contribution in [2.45, 2.75) is 25.0 Å². The van der Waals surface area contributed by atoms with E-state index in [2.05, 4.69) is 20.5 Å². The molecule has 2 aromatic rings. The number of imidazole rings is 1. The molecular weight excluding hydrogens is 292 g/mol. The summed E-state index contributed by atoms with van der Waals surface area (Å²) in [7, 11) is -0.269. The third-order valence-electron chi connectivity index (χ3n) is 3.20. The molecule has 0 radical (unpaired) electrons. The van der Waals surface area contributed by atoms with Crippen LogP contribution in [0.1, 0.15) is 18.3 Å². The highest BCUT2D eigenvalue weighted by Gasteiger charge is 2.26. The number of hydrogen-bond acceptors (Lipinski definition) is 5. The van der Waals surface area contributed by atoms with Crippen molar-refractivity contribution in [3.63, 3.8) is 0 Å². The number of hydrogen-bond donors (Lipinski definition) is 2. The summed E-state index contributed by atoms with van der Waals surface area (Å²) in [5, 5.41) is 9.65. The molecule has 8 nitrogen and oxygen atoms in total. The number of H-pyrrole nitrogens is 1. The summed E-state index contributed by atoms with van der Waals surface area (Å²) in [5.74, 6) is 0.675. The number of aromatic amines is 1. The van der Waals surface area contributed by atoms with Gasteiger partial charge < -0.3 is 9.88 Å². The quantitative estimate of drug-likeness (QED) is 0.754. The highest BCUT2D eigenvalue weighted by molar-refractivity contribution is 7.89. The van der Waals surface area contributed by atoms with Crippen LogP contribution in [0.5, 0.6) is 0 Å². The van der Waals surface area contributed by atoms with Crippen molar-refractivity contribution in [2.24, 2.45) is 7.05 Å². The maximum absolute atomic E-state index is 12.6. The molecule has 2 aromatic heterocycles. The molecular formula is C12H20N6O2S. The molecule has 0 aliphatic carbocycles. The van der Waals surface area contributed by atoms with E-state index < -0.39 is 10.0 Å². The van der Waals surface area contributed by atoms with Gasteiger partial charge in [-0.05, 0) is 6.54 Å². The summed E-state index contributed by atoms with van der Waals surface area (Å²) in [6.07, 6.45) is 4.95. The molecule has 0 aliphatic heterocycles. The number of aryl methyl sites for hydroxylation is 1. The van der Waals surface area contributed by atoms with Gasteiger partial charge in [0.05, 0.1) is 12.7 Å². The molecule has 0 fully saturated rings. The predicted octanol–water partition coefficient (Wildman–Crippen LogP) is 0.0734. The van der Waals surface area contributed by atoms with Crippen LogP contribution in [0.15, 0.2) is 23.6 Å². The largest absolute Gasteiger partial charge is 0.337 e. The second-order valence-corrected chi connectivity index (χ2v) is 6.70. The molecule has 21 heavy (non-hydrogen) atoms. The Morgan fingerprint density at radius 2 is 2.24 bits per heavy atom. The van der Waals surface area contributed by atoms with E-state index in [1.54, 1.807) is 17.0 Å². The van der Waals surface area contributed by atoms with Gasteiger partial charge in [-0.15, -0.1) is 0 Å². The molecule has 2 rings (SSSR count). The topological polar surface area (TPSA) is 95.9 Å². The Balaban J connectivity index is 2.21. The predicted molar refractivity (Wildman–Crippen MR) is 77.8 cm³/mol. The number of nitrogens with one attached hydrogen (secondary N) is 2. The second kappa shape index (κ2) is 6.37. The van der Waals surface area contributed by atoms with Crippen LogP contribution >= 0.6 is 0 Å². The van der Waals surface area contributed by atoms with Crippen molar-refractivity contribution in [3.05, 3.63) is 30.0 Å². The SMILES string of the molecule is CCNCc1cn[nH]c1S(=O)(=O)N(C)Cc1nccn1C. The van der Waals surface area contributed by atoms with E-state index in [-0.39, 0.29) is 11.6 Å². The van der Waals surface area contributed by atoms with Gasteiger partial charge in [0, 0.05) is 38.6 Å². The maximum atomic E-state index is 12.6. The minimum absolute atomic E-state index is 0.125. The number of aromatic nitrogens is 4. The van der Waals surface area contributed by atoms with Crippen LogP contribution in [0.4, 0.5) is 0 Å². The molecule has 9 heteroatoms. The molecule has 0 unspecified atom stereocenters. The van der Waals surface area contributed by atoms with Crippen molar-refractivity contribution < 1.29 is 8.42 Å². The molecule has 0 spiro atoms. The van der Waals surface area contributed by atoms with Crippen LogP contribution in [0.2, 0.25) is 0 Å². The molecule has 2 N–H and O–H groups in total. The smallest absolute Gasteiger partial charge is 0.260 e. The molecule has 0 atom stereocenters. The summed E-state index contributed by atoms with van der Waals surface area (Å²) >= 11 is 0. The monoisotopic (exact) mass is 312 g/mol. The third kappa shape index (κ3) is 3.31. The molecule has 0 bridgehead atoms. The van der Waals surface area contributed by atoms with Gasteiger partial charge in [-0.25, -0.2) is 13.4 Å². The van der Waals surface area contributed by atoms with Gasteiger partial charge in [0.2, 0.25) is 0 Å². The fourth-order valence-electron chi connectivity index (χ4n) is 1.90. The lowest BCUT2D eigenvalue weighted by Crippen LogP contribution is -2.29. The first-order valence-electron chi connectivity index (χ1n) is 6.62. The number of sulfonamides is 1. The van der Waals surface area contributed by atoms with E-state index in [0.29, 0.717) is 17.9 Å². The third-order valence-corrected chi connectivity index (χ3v) is 5.02. The first kappa shape index (κ1) is 15.7. The Bertz CT molecular complexity index is 690. The van der Waals surface area contributed by atoms with Gasteiger partial charge >= 0.3 is 0 Å². The van der Waals surface area contributed by atoms with Gasteiger partial charge in [-0.1, -0.05) is 6.92 Å². The molecule has 116 valence electrons. The molecule has 0 aromatic carbocycles. The Hall–Kier alpha value is -1.71. The highest BCUT2D eigenvalue weighted by Crippen LogP contribution is 2.17. The number of nitrogens with zero attached hydrogens (tertiary/aromatic N) is 4. The van der Waals surface area contributed by atoms with Gasteiger partial charge in [0.25, 0.3) is 10.0 Å². The maximum Gasteiger partial charge on any atom is 0.260 e. The minimum atomic E-state index is -3.63. The van der Waals surface area contributed by atoms with Crippen molar-refractivity contribution in [2.75, 3.05) is 13.6 Å². The molecule has 0 aliphatic rings. The number of rotatable bonds is 7. The van der Waals surface area contributed by atoms with E-state index in [1.807, 2.05) is 14.0 Å². The zero-order chi connectivity index (χ0) is 15.5. The Morgan fingerprint density at radius 3 is 2.86 bits per heavy atom. The summed E-state index contributed by atoms with van der Waals surface area (Å²) < 4.78 is 28.3. The molecule has 0 saturated heterocycles. The summed E-state index contributed by atoms with van der Waals surface area (Å²) in [6, 6.07) is 0. The Labute approximate surface area is 124 Å². The fourth-order valence-corrected chi connectivity index (χ4v) is 3.12. The zero-order valence-corrected chi connectivity index (χ0v) is 13.2. The van der Waals surface area contributed by atoms with Crippen molar-refractivity contribution in [1.82, 2.24) is 29.4 Å². The van der Waals surface area contributed by atoms with Crippen molar-refractivity contribution >= 4 is 10.0 Å². The first-order valence-corrected chi connectivity index (χ1v) is 8.06. The van der Waals surface area contributed by atoms with E-state index in [1.165, 1.54) is 17.5 Å². The van der Waals surface area contributed by atoms with E-state index in [0.717, 1.165) is 6.54 Å².